The maximum absolute atomic E-state index is 11.8. The zero-order valence-corrected chi connectivity index (χ0v) is 10.5. The van der Waals surface area contributed by atoms with Gasteiger partial charge in [0.1, 0.15) is 0 Å². The SMILES string of the molecule is CNCCNC(=O)c1ncccc1OC(C)C. The molecular formula is C12H19N3O2. The van der Waals surface area contributed by atoms with Gasteiger partial charge in [0, 0.05) is 19.3 Å². The van der Waals surface area contributed by atoms with Gasteiger partial charge in [-0.05, 0) is 33.0 Å². The number of carbonyl (C=O) groups excluding carboxylic acids is 1. The van der Waals surface area contributed by atoms with Crippen LogP contribution in [-0.2, 0) is 0 Å². The smallest absolute Gasteiger partial charge is 0.273 e. The molecule has 5 heteroatoms. The van der Waals surface area contributed by atoms with Gasteiger partial charge in [-0.1, -0.05) is 0 Å². The van der Waals surface area contributed by atoms with E-state index in [0.717, 1.165) is 6.54 Å². The molecule has 0 radical (unpaired) electrons. The highest BCUT2D eigenvalue weighted by Crippen LogP contribution is 2.16. The van der Waals surface area contributed by atoms with Gasteiger partial charge in [-0.3, -0.25) is 4.79 Å². The van der Waals surface area contributed by atoms with Crippen LogP contribution in [0.5, 0.6) is 5.75 Å². The van der Waals surface area contributed by atoms with Crippen LogP contribution in [0.15, 0.2) is 18.3 Å². The Labute approximate surface area is 102 Å². The number of amides is 1. The summed E-state index contributed by atoms with van der Waals surface area (Å²) in [5.74, 6) is 0.306. The summed E-state index contributed by atoms with van der Waals surface area (Å²) in [4.78, 5) is 15.9. The highest BCUT2D eigenvalue weighted by atomic mass is 16.5. The van der Waals surface area contributed by atoms with Crippen molar-refractivity contribution in [2.45, 2.75) is 20.0 Å². The molecule has 0 spiro atoms. The van der Waals surface area contributed by atoms with Crippen molar-refractivity contribution in [2.24, 2.45) is 0 Å². The fraction of sp³-hybridized carbons (Fsp3) is 0.500. The van der Waals surface area contributed by atoms with E-state index in [1.165, 1.54) is 0 Å². The third-order valence-corrected chi connectivity index (χ3v) is 2.01. The van der Waals surface area contributed by atoms with Crippen molar-refractivity contribution in [1.29, 1.82) is 0 Å². The fourth-order valence-electron chi connectivity index (χ4n) is 1.29. The standard InChI is InChI=1S/C12H19N3O2/c1-9(2)17-10-5-4-6-14-11(10)12(16)15-8-7-13-3/h4-6,9,13H,7-8H2,1-3H3,(H,15,16). The molecule has 0 saturated heterocycles. The van der Waals surface area contributed by atoms with E-state index < -0.39 is 0 Å². The van der Waals surface area contributed by atoms with Gasteiger partial charge >= 0.3 is 0 Å². The fourth-order valence-corrected chi connectivity index (χ4v) is 1.29. The summed E-state index contributed by atoms with van der Waals surface area (Å²) in [6.45, 7) is 5.11. The molecule has 17 heavy (non-hydrogen) atoms. The van der Waals surface area contributed by atoms with Crippen LogP contribution in [0.2, 0.25) is 0 Å². The Morgan fingerprint density at radius 2 is 2.24 bits per heavy atom. The molecule has 0 fully saturated rings. The van der Waals surface area contributed by atoms with Gasteiger partial charge in [-0.15, -0.1) is 0 Å². The van der Waals surface area contributed by atoms with E-state index in [4.69, 9.17) is 4.74 Å². The number of carbonyl (C=O) groups is 1. The number of nitrogens with zero attached hydrogens (tertiary/aromatic N) is 1. The molecule has 94 valence electrons. The van der Waals surface area contributed by atoms with E-state index in [2.05, 4.69) is 15.6 Å². The number of hydrogen-bond donors (Lipinski definition) is 2. The van der Waals surface area contributed by atoms with Crippen LogP contribution in [-0.4, -0.2) is 37.1 Å². The second-order valence-corrected chi connectivity index (χ2v) is 3.88. The molecule has 1 rings (SSSR count). The molecule has 1 aromatic heterocycles. The summed E-state index contributed by atoms with van der Waals surface area (Å²) in [5, 5.41) is 5.72. The number of likely N-dealkylation sites (N-methyl/N-ethyl adjacent to an activating group) is 1. The van der Waals surface area contributed by atoms with Crippen molar-refractivity contribution in [3.8, 4) is 5.75 Å². The number of hydrogen-bond acceptors (Lipinski definition) is 4. The van der Waals surface area contributed by atoms with Crippen LogP contribution in [0.3, 0.4) is 0 Å². The van der Waals surface area contributed by atoms with Gasteiger partial charge in [0.05, 0.1) is 6.10 Å². The average Bonchev–Trinajstić information content (AvgIpc) is 2.29. The molecule has 2 N–H and O–H groups in total. The van der Waals surface area contributed by atoms with E-state index in [-0.39, 0.29) is 12.0 Å². The molecule has 0 aliphatic heterocycles. The largest absolute Gasteiger partial charge is 0.489 e. The predicted octanol–water partition coefficient (Wildman–Crippen LogP) is 0.818. The minimum absolute atomic E-state index is 0.0167. The van der Waals surface area contributed by atoms with Crippen molar-refractivity contribution in [3.63, 3.8) is 0 Å². The van der Waals surface area contributed by atoms with Gasteiger partial charge in [-0.25, -0.2) is 4.98 Å². The first-order valence-corrected chi connectivity index (χ1v) is 5.69. The highest BCUT2D eigenvalue weighted by molar-refractivity contribution is 5.94. The van der Waals surface area contributed by atoms with Crippen molar-refractivity contribution in [1.82, 2.24) is 15.6 Å². The summed E-state index contributed by atoms with van der Waals surface area (Å²) in [7, 11) is 1.83. The lowest BCUT2D eigenvalue weighted by Crippen LogP contribution is -2.31. The number of aromatic nitrogens is 1. The van der Waals surface area contributed by atoms with Crippen molar-refractivity contribution in [2.75, 3.05) is 20.1 Å². The first-order valence-electron chi connectivity index (χ1n) is 5.69. The lowest BCUT2D eigenvalue weighted by atomic mass is 10.3. The monoisotopic (exact) mass is 237 g/mol. The lowest BCUT2D eigenvalue weighted by Gasteiger charge is -2.13. The first-order chi connectivity index (χ1) is 8.15. The third-order valence-electron chi connectivity index (χ3n) is 2.01. The Bertz CT molecular complexity index is 367. The van der Waals surface area contributed by atoms with E-state index in [9.17, 15) is 4.79 Å². The Hall–Kier alpha value is -1.62. The maximum Gasteiger partial charge on any atom is 0.273 e. The Morgan fingerprint density at radius 3 is 2.88 bits per heavy atom. The van der Waals surface area contributed by atoms with Crippen LogP contribution < -0.4 is 15.4 Å². The number of nitrogens with one attached hydrogen (secondary N) is 2. The molecule has 0 aromatic carbocycles. The van der Waals surface area contributed by atoms with E-state index in [1.807, 2.05) is 20.9 Å². The van der Waals surface area contributed by atoms with Crippen LogP contribution >= 0.6 is 0 Å². The van der Waals surface area contributed by atoms with Gasteiger partial charge in [0.25, 0.3) is 5.91 Å². The van der Waals surface area contributed by atoms with E-state index >= 15 is 0 Å². The van der Waals surface area contributed by atoms with Gasteiger partial charge in [0.15, 0.2) is 11.4 Å². The molecular weight excluding hydrogens is 218 g/mol. The van der Waals surface area contributed by atoms with Crippen molar-refractivity contribution < 1.29 is 9.53 Å². The van der Waals surface area contributed by atoms with E-state index in [1.54, 1.807) is 18.3 Å². The summed E-state index contributed by atoms with van der Waals surface area (Å²) >= 11 is 0. The third kappa shape index (κ3) is 4.40. The minimum atomic E-state index is -0.212. The Kier molecular flexibility index (Phi) is 5.42. The van der Waals surface area contributed by atoms with Crippen molar-refractivity contribution >= 4 is 5.91 Å². The van der Waals surface area contributed by atoms with Crippen LogP contribution in [0.1, 0.15) is 24.3 Å². The molecule has 0 atom stereocenters. The summed E-state index contributed by atoms with van der Waals surface area (Å²) in [5.41, 5.74) is 0.331. The van der Waals surface area contributed by atoms with Crippen LogP contribution in [0, 0.1) is 0 Å². The molecule has 0 bridgehead atoms. The number of ether oxygens (including phenoxy) is 1. The Morgan fingerprint density at radius 1 is 1.47 bits per heavy atom. The highest BCUT2D eigenvalue weighted by Gasteiger charge is 2.13. The Balaban J connectivity index is 2.71. The van der Waals surface area contributed by atoms with Crippen LogP contribution in [0.25, 0.3) is 0 Å². The van der Waals surface area contributed by atoms with Crippen molar-refractivity contribution in [3.05, 3.63) is 24.0 Å². The molecule has 0 aliphatic rings. The molecule has 0 aliphatic carbocycles. The van der Waals surface area contributed by atoms with Gasteiger partial charge in [-0.2, -0.15) is 0 Å². The molecule has 0 unspecified atom stereocenters. The summed E-state index contributed by atoms with van der Waals surface area (Å²) in [6, 6.07) is 3.50. The van der Waals surface area contributed by atoms with Gasteiger partial charge in [0.2, 0.25) is 0 Å². The summed E-state index contributed by atoms with van der Waals surface area (Å²) < 4.78 is 5.53. The molecule has 1 heterocycles. The summed E-state index contributed by atoms with van der Waals surface area (Å²) in [6.07, 6.45) is 1.60. The number of rotatable bonds is 6. The maximum atomic E-state index is 11.8. The quantitative estimate of drug-likeness (QED) is 0.719. The molecule has 1 amide bonds. The average molecular weight is 237 g/mol. The lowest BCUT2D eigenvalue weighted by molar-refractivity contribution is 0.0942. The second-order valence-electron chi connectivity index (χ2n) is 3.88. The van der Waals surface area contributed by atoms with Crippen LogP contribution in [0.4, 0.5) is 0 Å². The predicted molar refractivity (Wildman–Crippen MR) is 66.3 cm³/mol. The zero-order chi connectivity index (χ0) is 12.7. The molecule has 5 nitrogen and oxygen atoms in total. The van der Waals surface area contributed by atoms with Gasteiger partial charge < -0.3 is 15.4 Å². The number of pyridine rings is 1. The molecule has 1 aromatic rings. The molecule has 0 saturated carbocycles. The minimum Gasteiger partial charge on any atom is -0.489 e. The van der Waals surface area contributed by atoms with E-state index in [0.29, 0.717) is 18.0 Å². The topological polar surface area (TPSA) is 63.2 Å². The second kappa shape index (κ2) is 6.85. The first kappa shape index (κ1) is 13.4. The normalized spacial score (nSPS) is 10.4. The zero-order valence-electron chi connectivity index (χ0n) is 10.5.